The topological polar surface area (TPSA) is 29.3 Å². The highest BCUT2D eigenvalue weighted by Crippen LogP contribution is 2.24. The van der Waals surface area contributed by atoms with Crippen LogP contribution in [-0.2, 0) is 6.54 Å². The molecule has 2 N–H and O–H groups in total. The molecule has 0 aromatic carbocycles. The second-order valence-corrected chi connectivity index (χ2v) is 6.50. The molecule has 1 heterocycles. The SMILES string of the molecule is CN(Cc1ccc(C#CCN)s1)C1CCCCCC1. The molecule has 3 heteroatoms. The van der Waals surface area contributed by atoms with Gasteiger partial charge in [-0.3, -0.25) is 4.90 Å². The number of rotatable bonds is 3. The van der Waals surface area contributed by atoms with Crippen molar-refractivity contribution in [3.05, 3.63) is 21.9 Å². The van der Waals surface area contributed by atoms with E-state index < -0.39 is 0 Å². The summed E-state index contributed by atoms with van der Waals surface area (Å²) in [6.07, 6.45) is 8.35. The van der Waals surface area contributed by atoms with Crippen molar-refractivity contribution in [1.82, 2.24) is 4.90 Å². The first-order valence-corrected chi connectivity index (χ1v) is 8.09. The Morgan fingerprint density at radius 1 is 1.26 bits per heavy atom. The minimum Gasteiger partial charge on any atom is -0.320 e. The van der Waals surface area contributed by atoms with E-state index in [1.54, 1.807) is 11.3 Å². The fourth-order valence-electron chi connectivity index (χ4n) is 2.74. The molecule has 0 bridgehead atoms. The molecule has 1 fully saturated rings. The number of thiophene rings is 1. The van der Waals surface area contributed by atoms with E-state index in [2.05, 4.69) is 35.9 Å². The normalized spacial score (nSPS) is 17.0. The van der Waals surface area contributed by atoms with Crippen LogP contribution in [0, 0.1) is 11.8 Å². The largest absolute Gasteiger partial charge is 0.320 e. The van der Waals surface area contributed by atoms with E-state index in [0.717, 1.165) is 17.5 Å². The summed E-state index contributed by atoms with van der Waals surface area (Å²) in [5.74, 6) is 6.03. The van der Waals surface area contributed by atoms with Gasteiger partial charge in [0.05, 0.1) is 11.4 Å². The third-order valence-electron chi connectivity index (χ3n) is 3.83. The van der Waals surface area contributed by atoms with Crippen molar-refractivity contribution in [2.24, 2.45) is 5.73 Å². The van der Waals surface area contributed by atoms with Crippen molar-refractivity contribution < 1.29 is 0 Å². The Bertz CT molecular complexity index is 433. The van der Waals surface area contributed by atoms with Crippen molar-refractivity contribution in [3.8, 4) is 11.8 Å². The summed E-state index contributed by atoms with van der Waals surface area (Å²) in [6.45, 7) is 1.49. The van der Waals surface area contributed by atoms with Crippen LogP contribution in [0.4, 0.5) is 0 Å². The minimum absolute atomic E-state index is 0.440. The van der Waals surface area contributed by atoms with Gasteiger partial charge in [-0.2, -0.15) is 0 Å². The zero-order valence-electron chi connectivity index (χ0n) is 11.8. The van der Waals surface area contributed by atoms with Crippen LogP contribution in [0.1, 0.15) is 48.3 Å². The van der Waals surface area contributed by atoms with E-state index in [1.807, 2.05) is 0 Å². The van der Waals surface area contributed by atoms with E-state index in [-0.39, 0.29) is 0 Å². The lowest BCUT2D eigenvalue weighted by Gasteiger charge is -2.26. The molecule has 2 rings (SSSR count). The average Bonchev–Trinajstić information content (AvgIpc) is 2.68. The van der Waals surface area contributed by atoms with Crippen LogP contribution in [0.15, 0.2) is 12.1 Å². The van der Waals surface area contributed by atoms with E-state index in [0.29, 0.717) is 6.54 Å². The first-order chi connectivity index (χ1) is 9.29. The molecule has 0 aliphatic heterocycles. The molecule has 0 unspecified atom stereocenters. The number of nitrogens with zero attached hydrogens (tertiary/aromatic N) is 1. The lowest BCUT2D eigenvalue weighted by molar-refractivity contribution is 0.215. The fourth-order valence-corrected chi connectivity index (χ4v) is 3.69. The second kappa shape index (κ2) is 7.69. The zero-order chi connectivity index (χ0) is 13.5. The summed E-state index contributed by atoms with van der Waals surface area (Å²) in [6, 6.07) is 5.09. The van der Waals surface area contributed by atoms with Crippen molar-refractivity contribution in [2.75, 3.05) is 13.6 Å². The number of hydrogen-bond donors (Lipinski definition) is 1. The maximum Gasteiger partial charge on any atom is 0.0772 e. The van der Waals surface area contributed by atoms with Gasteiger partial charge >= 0.3 is 0 Å². The van der Waals surface area contributed by atoms with Crippen LogP contribution in [0.3, 0.4) is 0 Å². The number of nitrogens with two attached hydrogens (primary N) is 1. The third-order valence-corrected chi connectivity index (χ3v) is 4.81. The molecule has 19 heavy (non-hydrogen) atoms. The fraction of sp³-hybridized carbons (Fsp3) is 0.625. The minimum atomic E-state index is 0.440. The molecule has 1 aromatic heterocycles. The number of hydrogen-bond acceptors (Lipinski definition) is 3. The summed E-state index contributed by atoms with van der Waals surface area (Å²) in [7, 11) is 2.26. The molecular formula is C16H24N2S. The van der Waals surface area contributed by atoms with Crippen LogP contribution in [0.2, 0.25) is 0 Å². The third kappa shape index (κ3) is 4.65. The predicted octanol–water partition coefficient (Wildman–Crippen LogP) is 3.21. The van der Waals surface area contributed by atoms with Crippen molar-refractivity contribution >= 4 is 11.3 Å². The average molecular weight is 276 g/mol. The van der Waals surface area contributed by atoms with Crippen LogP contribution in [-0.4, -0.2) is 24.5 Å². The molecule has 1 aliphatic carbocycles. The van der Waals surface area contributed by atoms with Gasteiger partial charge in [-0.05, 0) is 32.0 Å². The van der Waals surface area contributed by atoms with Gasteiger partial charge in [0.2, 0.25) is 0 Å². The standard InChI is InChI=1S/C16H24N2S/c1-18(14-7-4-2-3-5-8-14)13-16-11-10-15(19-16)9-6-12-17/h10-11,14H,2-5,7-8,12-13,17H2,1H3. The van der Waals surface area contributed by atoms with Gasteiger partial charge in [0.25, 0.3) is 0 Å². The van der Waals surface area contributed by atoms with Crippen molar-refractivity contribution in [3.63, 3.8) is 0 Å². The molecule has 1 aliphatic rings. The van der Waals surface area contributed by atoms with E-state index in [9.17, 15) is 0 Å². The van der Waals surface area contributed by atoms with Crippen LogP contribution >= 0.6 is 11.3 Å². The Morgan fingerprint density at radius 3 is 2.68 bits per heavy atom. The van der Waals surface area contributed by atoms with Crippen LogP contribution < -0.4 is 5.73 Å². The van der Waals surface area contributed by atoms with Gasteiger partial charge < -0.3 is 5.73 Å². The summed E-state index contributed by atoms with van der Waals surface area (Å²) in [5, 5.41) is 0. The molecule has 0 radical (unpaired) electrons. The Hall–Kier alpha value is -0.820. The molecule has 0 amide bonds. The Morgan fingerprint density at radius 2 is 2.00 bits per heavy atom. The van der Waals surface area contributed by atoms with Gasteiger partial charge in [-0.1, -0.05) is 37.5 Å². The quantitative estimate of drug-likeness (QED) is 0.678. The van der Waals surface area contributed by atoms with Gasteiger partial charge in [0.1, 0.15) is 0 Å². The highest BCUT2D eigenvalue weighted by Gasteiger charge is 2.17. The Balaban J connectivity index is 1.90. The maximum atomic E-state index is 5.40. The molecule has 1 saturated carbocycles. The van der Waals surface area contributed by atoms with Crippen molar-refractivity contribution in [2.45, 2.75) is 51.1 Å². The summed E-state index contributed by atoms with van der Waals surface area (Å²) >= 11 is 1.80. The van der Waals surface area contributed by atoms with Crippen LogP contribution in [0.25, 0.3) is 0 Å². The van der Waals surface area contributed by atoms with E-state index >= 15 is 0 Å². The predicted molar refractivity (Wildman–Crippen MR) is 83.2 cm³/mol. The lowest BCUT2D eigenvalue weighted by atomic mass is 10.1. The molecule has 0 atom stereocenters. The maximum absolute atomic E-state index is 5.40. The summed E-state index contributed by atoms with van der Waals surface area (Å²) in [4.78, 5) is 5.07. The zero-order valence-corrected chi connectivity index (χ0v) is 12.6. The van der Waals surface area contributed by atoms with E-state index in [1.165, 1.54) is 43.4 Å². The smallest absolute Gasteiger partial charge is 0.0772 e. The van der Waals surface area contributed by atoms with Gasteiger partial charge in [-0.15, -0.1) is 11.3 Å². The molecule has 104 valence electrons. The monoisotopic (exact) mass is 276 g/mol. The molecule has 0 saturated heterocycles. The van der Waals surface area contributed by atoms with Gasteiger partial charge in [-0.25, -0.2) is 0 Å². The highest BCUT2D eigenvalue weighted by molar-refractivity contribution is 7.12. The van der Waals surface area contributed by atoms with Crippen LogP contribution in [0.5, 0.6) is 0 Å². The molecule has 1 aromatic rings. The second-order valence-electron chi connectivity index (χ2n) is 5.33. The first kappa shape index (κ1) is 14.6. The lowest BCUT2D eigenvalue weighted by Crippen LogP contribution is -2.30. The first-order valence-electron chi connectivity index (χ1n) is 7.27. The molecule has 2 nitrogen and oxygen atoms in total. The summed E-state index contributed by atoms with van der Waals surface area (Å²) in [5.41, 5.74) is 5.40. The Labute approximate surface area is 121 Å². The van der Waals surface area contributed by atoms with Gasteiger partial charge in [0, 0.05) is 17.5 Å². The van der Waals surface area contributed by atoms with Crippen molar-refractivity contribution in [1.29, 1.82) is 0 Å². The summed E-state index contributed by atoms with van der Waals surface area (Å²) < 4.78 is 0. The molecular weight excluding hydrogens is 252 g/mol. The van der Waals surface area contributed by atoms with Gasteiger partial charge in [0.15, 0.2) is 0 Å². The Kier molecular flexibility index (Phi) is 5.91. The van der Waals surface area contributed by atoms with E-state index in [4.69, 9.17) is 5.73 Å². The molecule has 0 spiro atoms. The highest BCUT2D eigenvalue weighted by atomic mass is 32.1.